The van der Waals surface area contributed by atoms with Crippen molar-refractivity contribution in [2.45, 2.75) is 0 Å². The summed E-state index contributed by atoms with van der Waals surface area (Å²) in [5.74, 6) is 0. The van der Waals surface area contributed by atoms with Crippen molar-refractivity contribution in [2.24, 2.45) is 10.2 Å². The second-order valence-electron chi connectivity index (χ2n) is 5.82. The Morgan fingerprint density at radius 1 is 0.643 bits per heavy atom. The average Bonchev–Trinajstić information content (AvgIpc) is 2.77. The van der Waals surface area contributed by atoms with Crippen molar-refractivity contribution >= 4 is 36.1 Å². The number of hydrogen-bond acceptors (Lipinski definition) is 4. The molecule has 6 nitrogen and oxygen atoms in total. The first-order valence-electron chi connectivity index (χ1n) is 8.56. The highest BCUT2D eigenvalue weighted by Crippen LogP contribution is 2.11. The summed E-state index contributed by atoms with van der Waals surface area (Å²) in [4.78, 5) is 23.8. The van der Waals surface area contributed by atoms with Crippen molar-refractivity contribution in [2.75, 3.05) is 7.11 Å². The second kappa shape index (κ2) is 8.87. The van der Waals surface area contributed by atoms with Gasteiger partial charge in [0.2, 0.25) is 0 Å². The van der Waals surface area contributed by atoms with Crippen LogP contribution in [0, 0.1) is 0 Å². The summed E-state index contributed by atoms with van der Waals surface area (Å²) >= 11 is 0. The van der Waals surface area contributed by atoms with E-state index in [4.69, 9.17) is 4.43 Å². The van der Waals surface area contributed by atoms with E-state index in [1.165, 1.54) is 0 Å². The molecule has 0 aromatic heterocycles. The fourth-order valence-corrected chi connectivity index (χ4v) is 6.61. The van der Waals surface area contributed by atoms with Gasteiger partial charge in [-0.05, 0) is 15.6 Å². The Morgan fingerprint density at radius 3 is 1.36 bits per heavy atom. The first-order valence-corrected chi connectivity index (χ1v) is 10.5. The van der Waals surface area contributed by atoms with Crippen LogP contribution in [0.2, 0.25) is 0 Å². The molecule has 0 bridgehead atoms. The van der Waals surface area contributed by atoms with Gasteiger partial charge in [-0.25, -0.2) is 9.59 Å². The molecule has 7 heteroatoms. The normalized spacial score (nSPS) is 11.2. The smallest absolute Gasteiger partial charge is 0.452 e. The van der Waals surface area contributed by atoms with Crippen LogP contribution < -0.4 is 15.6 Å². The number of rotatable bonds is 4. The summed E-state index contributed by atoms with van der Waals surface area (Å²) in [7, 11) is -2.07. The fourth-order valence-electron chi connectivity index (χ4n) is 2.97. The quantitative estimate of drug-likeness (QED) is 0.390. The summed E-state index contributed by atoms with van der Waals surface area (Å²) in [6, 6.07) is 28.6. The van der Waals surface area contributed by atoms with E-state index in [1.807, 2.05) is 91.0 Å². The molecule has 0 saturated carbocycles. The molecule has 0 aliphatic carbocycles. The summed E-state index contributed by atoms with van der Waals surface area (Å²) < 4.78 is 10.4. The highest BCUT2D eigenvalue weighted by atomic mass is 28.4. The Kier molecular flexibility index (Phi) is 6.08. The number of ether oxygens (including phenoxy) is 1. The lowest BCUT2D eigenvalue weighted by atomic mass is 10.3. The third kappa shape index (κ3) is 4.05. The van der Waals surface area contributed by atoms with Crippen LogP contribution in [0.5, 0.6) is 0 Å². The van der Waals surface area contributed by atoms with Crippen LogP contribution in [-0.2, 0) is 9.16 Å². The van der Waals surface area contributed by atoms with E-state index >= 15 is 0 Å². The molecule has 2 amide bonds. The van der Waals surface area contributed by atoms with Gasteiger partial charge >= 0.3 is 20.5 Å². The second-order valence-corrected chi connectivity index (χ2v) is 9.12. The van der Waals surface area contributed by atoms with Crippen LogP contribution in [-0.4, -0.2) is 27.6 Å². The van der Waals surface area contributed by atoms with Gasteiger partial charge in [-0.3, -0.25) is 0 Å². The topological polar surface area (TPSA) is 77.3 Å². The maximum absolute atomic E-state index is 12.5. The van der Waals surface area contributed by atoms with Crippen molar-refractivity contribution in [1.82, 2.24) is 0 Å². The predicted octanol–water partition coefficient (Wildman–Crippen LogP) is 3.01. The maximum atomic E-state index is 12.5. The number of methoxy groups -OCH3 is 1. The molecule has 3 aromatic rings. The molecule has 0 atom stereocenters. The first kappa shape index (κ1) is 19.2. The predicted molar refractivity (Wildman–Crippen MR) is 108 cm³/mol. The first-order chi connectivity index (χ1) is 13.7. The zero-order chi connectivity index (χ0) is 19.8. The largest absolute Gasteiger partial charge is 0.487 e. The lowest BCUT2D eigenvalue weighted by molar-refractivity contribution is 0.178. The van der Waals surface area contributed by atoms with Crippen LogP contribution >= 0.6 is 0 Å². The molecule has 0 fully saturated rings. The zero-order valence-corrected chi connectivity index (χ0v) is 16.2. The van der Waals surface area contributed by atoms with Crippen molar-refractivity contribution in [1.29, 1.82) is 0 Å². The Balaban J connectivity index is 2.18. The molecule has 0 heterocycles. The summed E-state index contributed by atoms with van der Waals surface area (Å²) in [5, 5.41) is 9.21. The Hall–Kier alpha value is -3.58. The van der Waals surface area contributed by atoms with Gasteiger partial charge in [-0.1, -0.05) is 101 Å². The highest BCUT2D eigenvalue weighted by molar-refractivity contribution is 7.07. The number of benzene rings is 3. The molecule has 140 valence electrons. The molecule has 3 aromatic carbocycles. The SMILES string of the molecule is COC(=O)/N=N/C(=O)O[Si](c1ccccc1)(c1ccccc1)c1ccccc1. The van der Waals surface area contributed by atoms with Gasteiger partial charge in [0.25, 0.3) is 0 Å². The standard InChI is InChI=1S/C21H18N2O4Si/c1-26-20(24)22-23-21(25)27-28(17-11-5-2-6-12-17,18-13-7-3-8-14-18)19-15-9-4-10-16-19/h2-16H,1H3/b23-22+. The minimum absolute atomic E-state index is 0.869. The molecule has 0 radical (unpaired) electrons. The number of hydrogen-bond donors (Lipinski definition) is 0. The molecule has 0 N–H and O–H groups in total. The molecule has 28 heavy (non-hydrogen) atoms. The molecule has 0 aliphatic heterocycles. The summed E-state index contributed by atoms with van der Waals surface area (Å²) in [5.41, 5.74) is 0. The van der Waals surface area contributed by atoms with Gasteiger partial charge in [0.05, 0.1) is 7.11 Å². The minimum Gasteiger partial charge on any atom is -0.487 e. The van der Waals surface area contributed by atoms with Crippen molar-refractivity contribution < 1.29 is 18.8 Å². The van der Waals surface area contributed by atoms with E-state index in [1.54, 1.807) is 0 Å². The van der Waals surface area contributed by atoms with E-state index in [0.29, 0.717) is 0 Å². The third-order valence-electron chi connectivity index (χ3n) is 4.17. The van der Waals surface area contributed by atoms with Gasteiger partial charge in [-0.2, -0.15) is 0 Å². The number of azo groups is 1. The molecule has 0 spiro atoms. The average molecular weight is 390 g/mol. The van der Waals surface area contributed by atoms with Crippen LogP contribution in [0.15, 0.2) is 101 Å². The molecule has 0 aliphatic rings. The van der Waals surface area contributed by atoms with Gasteiger partial charge in [0.15, 0.2) is 0 Å². The lowest BCUT2D eigenvalue weighted by Gasteiger charge is -2.31. The molecule has 3 rings (SSSR count). The Labute approximate surface area is 163 Å². The number of amides is 2. The van der Waals surface area contributed by atoms with Crippen molar-refractivity contribution in [3.8, 4) is 0 Å². The summed E-state index contributed by atoms with van der Waals surface area (Å²) in [6.45, 7) is 0. The number of carbonyl (C=O) groups is 2. The minimum atomic E-state index is -3.22. The molecule has 0 saturated heterocycles. The van der Waals surface area contributed by atoms with Crippen molar-refractivity contribution in [3.63, 3.8) is 0 Å². The maximum Gasteiger partial charge on any atom is 0.452 e. The monoisotopic (exact) mass is 390 g/mol. The Bertz CT molecular complexity index is 867. The molecular weight excluding hydrogens is 372 g/mol. The van der Waals surface area contributed by atoms with Crippen LogP contribution in [0.4, 0.5) is 9.59 Å². The lowest BCUT2D eigenvalue weighted by Crippen LogP contribution is -2.69. The van der Waals surface area contributed by atoms with Crippen LogP contribution in [0.3, 0.4) is 0 Å². The van der Waals surface area contributed by atoms with Crippen molar-refractivity contribution in [3.05, 3.63) is 91.0 Å². The number of carbonyl (C=O) groups excluding carboxylic acids is 2. The van der Waals surface area contributed by atoms with E-state index in [-0.39, 0.29) is 0 Å². The highest BCUT2D eigenvalue weighted by Gasteiger charge is 2.45. The third-order valence-corrected chi connectivity index (χ3v) is 8.09. The zero-order valence-electron chi connectivity index (χ0n) is 15.2. The summed E-state index contributed by atoms with van der Waals surface area (Å²) in [6.07, 6.45) is -1.92. The van der Waals surface area contributed by atoms with E-state index in [2.05, 4.69) is 15.0 Å². The Morgan fingerprint density at radius 2 is 1.00 bits per heavy atom. The van der Waals surface area contributed by atoms with E-state index in [9.17, 15) is 9.59 Å². The van der Waals surface area contributed by atoms with Crippen LogP contribution in [0.25, 0.3) is 0 Å². The van der Waals surface area contributed by atoms with Crippen LogP contribution in [0.1, 0.15) is 0 Å². The van der Waals surface area contributed by atoms with Gasteiger partial charge in [0, 0.05) is 0 Å². The van der Waals surface area contributed by atoms with E-state index < -0.39 is 20.5 Å². The fraction of sp³-hybridized carbons (Fsp3) is 0.0476. The molecule has 0 unspecified atom stereocenters. The van der Waals surface area contributed by atoms with Gasteiger partial charge < -0.3 is 9.16 Å². The van der Waals surface area contributed by atoms with E-state index in [0.717, 1.165) is 22.7 Å². The van der Waals surface area contributed by atoms with Gasteiger partial charge in [0.1, 0.15) is 0 Å². The number of nitrogens with zero attached hydrogens (tertiary/aromatic N) is 2. The van der Waals surface area contributed by atoms with Gasteiger partial charge in [-0.15, -0.1) is 0 Å². The molecular formula is C21H18N2O4Si.